The Bertz CT molecular complexity index is 791. The molecule has 1 rings (SSSR count). The highest BCUT2D eigenvalue weighted by molar-refractivity contribution is 5.70. The third kappa shape index (κ3) is 25.0. The second-order valence-corrected chi connectivity index (χ2v) is 17.3. The standard InChI is InChI=1S/C45H87NO4/c1-7-9-11-13-15-17-19-21-23-25-27-29-31-33-35-37-42(47)49-41-39-44(3,4)46(45(5,6)40-41)50-43(48)38-36-34-32-30-28-26-24-22-20-18-16-14-12-10-8-2/h41H,7-40H2,1-6H3. The van der Waals surface area contributed by atoms with Gasteiger partial charge in [0.25, 0.3) is 0 Å². The zero-order chi connectivity index (χ0) is 36.8. The van der Waals surface area contributed by atoms with Crippen molar-refractivity contribution in [3.8, 4) is 0 Å². The van der Waals surface area contributed by atoms with Crippen LogP contribution in [0.15, 0.2) is 0 Å². The second kappa shape index (κ2) is 30.4. The minimum absolute atomic E-state index is 0.0742. The summed E-state index contributed by atoms with van der Waals surface area (Å²) in [5.74, 6) is -0.209. The highest BCUT2D eigenvalue weighted by atomic mass is 16.7. The number of hydroxylamine groups is 2. The lowest BCUT2D eigenvalue weighted by molar-refractivity contribution is -0.277. The Balaban J connectivity index is 2.10. The summed E-state index contributed by atoms with van der Waals surface area (Å²) in [4.78, 5) is 31.6. The lowest BCUT2D eigenvalue weighted by Crippen LogP contribution is -2.62. The van der Waals surface area contributed by atoms with Gasteiger partial charge in [-0.05, 0) is 40.5 Å². The maximum Gasteiger partial charge on any atom is 0.325 e. The summed E-state index contributed by atoms with van der Waals surface area (Å²) < 4.78 is 5.99. The van der Waals surface area contributed by atoms with E-state index in [9.17, 15) is 9.59 Å². The minimum atomic E-state index is -0.397. The van der Waals surface area contributed by atoms with Crippen LogP contribution in [0.2, 0.25) is 0 Å². The molecule has 0 aromatic rings. The van der Waals surface area contributed by atoms with E-state index >= 15 is 0 Å². The second-order valence-electron chi connectivity index (χ2n) is 17.3. The predicted molar refractivity (Wildman–Crippen MR) is 214 cm³/mol. The van der Waals surface area contributed by atoms with E-state index in [4.69, 9.17) is 9.57 Å². The molecule has 0 amide bonds. The summed E-state index contributed by atoms with van der Waals surface area (Å²) in [5, 5.41) is 1.90. The molecule has 1 heterocycles. The Labute approximate surface area is 312 Å². The number of esters is 1. The lowest BCUT2D eigenvalue weighted by atomic mass is 9.80. The average molecular weight is 706 g/mol. The molecule has 0 spiro atoms. The molecule has 5 nitrogen and oxygen atoms in total. The molecule has 0 radical (unpaired) electrons. The van der Waals surface area contributed by atoms with Crippen molar-refractivity contribution < 1.29 is 19.2 Å². The molecule has 1 aliphatic rings. The third-order valence-electron chi connectivity index (χ3n) is 11.0. The van der Waals surface area contributed by atoms with Crippen molar-refractivity contribution in [2.45, 2.75) is 277 Å². The molecule has 296 valence electrons. The van der Waals surface area contributed by atoms with Crippen LogP contribution < -0.4 is 0 Å². The van der Waals surface area contributed by atoms with Crippen molar-refractivity contribution in [1.29, 1.82) is 0 Å². The van der Waals surface area contributed by atoms with E-state index in [-0.39, 0.29) is 18.0 Å². The number of ether oxygens (including phenoxy) is 1. The van der Waals surface area contributed by atoms with Crippen molar-refractivity contribution in [3.63, 3.8) is 0 Å². The summed E-state index contributed by atoms with van der Waals surface area (Å²) in [5.41, 5.74) is -0.794. The topological polar surface area (TPSA) is 55.8 Å². The maximum absolute atomic E-state index is 12.9. The van der Waals surface area contributed by atoms with E-state index < -0.39 is 11.1 Å². The molecular weight excluding hydrogens is 618 g/mol. The zero-order valence-electron chi connectivity index (χ0n) is 34.7. The Morgan fingerprint density at radius 2 is 0.700 bits per heavy atom. The van der Waals surface area contributed by atoms with Crippen LogP contribution in [0.3, 0.4) is 0 Å². The van der Waals surface area contributed by atoms with Crippen LogP contribution in [-0.2, 0) is 19.2 Å². The number of nitrogens with zero attached hydrogens (tertiary/aromatic N) is 1. The number of rotatable bonds is 34. The first-order chi connectivity index (χ1) is 24.1. The van der Waals surface area contributed by atoms with Gasteiger partial charge in [0.2, 0.25) is 0 Å². The first kappa shape index (κ1) is 46.9. The average Bonchev–Trinajstić information content (AvgIpc) is 3.06. The molecule has 0 N–H and O–H groups in total. The monoisotopic (exact) mass is 706 g/mol. The summed E-state index contributed by atoms with van der Waals surface area (Å²) in [6.45, 7) is 13.0. The number of carbonyl (C=O) groups is 2. The van der Waals surface area contributed by atoms with Gasteiger partial charge in [-0.1, -0.05) is 194 Å². The number of hydrogen-bond donors (Lipinski definition) is 0. The third-order valence-corrected chi connectivity index (χ3v) is 11.0. The summed E-state index contributed by atoms with van der Waals surface area (Å²) >= 11 is 0. The molecule has 5 heteroatoms. The fourth-order valence-corrected chi connectivity index (χ4v) is 8.18. The fourth-order valence-electron chi connectivity index (χ4n) is 8.18. The molecule has 0 unspecified atom stereocenters. The van der Waals surface area contributed by atoms with Crippen LogP contribution in [0.5, 0.6) is 0 Å². The summed E-state index contributed by atoms with van der Waals surface area (Å²) in [7, 11) is 0. The summed E-state index contributed by atoms with van der Waals surface area (Å²) in [6.07, 6.45) is 41.7. The first-order valence-corrected chi connectivity index (χ1v) is 22.3. The van der Waals surface area contributed by atoms with Gasteiger partial charge in [-0.3, -0.25) is 9.59 Å². The van der Waals surface area contributed by atoms with Crippen LogP contribution >= 0.6 is 0 Å². The van der Waals surface area contributed by atoms with E-state index in [2.05, 4.69) is 41.5 Å². The number of unbranched alkanes of at least 4 members (excludes halogenated alkanes) is 28. The quantitative estimate of drug-likeness (QED) is 0.0493. The number of hydrogen-bond acceptors (Lipinski definition) is 5. The van der Waals surface area contributed by atoms with Gasteiger partial charge in [0.15, 0.2) is 0 Å². The number of carbonyl (C=O) groups excluding carboxylic acids is 2. The van der Waals surface area contributed by atoms with Gasteiger partial charge < -0.3 is 9.57 Å². The van der Waals surface area contributed by atoms with E-state index in [1.807, 2.05) is 5.06 Å². The smallest absolute Gasteiger partial charge is 0.325 e. The molecule has 0 saturated carbocycles. The van der Waals surface area contributed by atoms with Crippen molar-refractivity contribution in [3.05, 3.63) is 0 Å². The Morgan fingerprint density at radius 3 is 1.00 bits per heavy atom. The highest BCUT2D eigenvalue weighted by Crippen LogP contribution is 2.40. The Hall–Kier alpha value is -1.10. The van der Waals surface area contributed by atoms with E-state index in [0.29, 0.717) is 25.7 Å². The molecule has 0 bridgehead atoms. The van der Waals surface area contributed by atoms with Crippen LogP contribution in [0.4, 0.5) is 0 Å². The van der Waals surface area contributed by atoms with Crippen LogP contribution in [0.25, 0.3) is 0 Å². The largest absolute Gasteiger partial charge is 0.462 e. The summed E-state index contributed by atoms with van der Waals surface area (Å²) in [6, 6.07) is 0. The molecule has 50 heavy (non-hydrogen) atoms. The van der Waals surface area contributed by atoms with Gasteiger partial charge in [-0.2, -0.15) is 0 Å². The lowest BCUT2D eigenvalue weighted by Gasteiger charge is -2.52. The van der Waals surface area contributed by atoms with Crippen LogP contribution in [0, 0.1) is 0 Å². The first-order valence-electron chi connectivity index (χ1n) is 22.3. The van der Waals surface area contributed by atoms with Crippen LogP contribution in [-0.4, -0.2) is 34.2 Å². The van der Waals surface area contributed by atoms with E-state index in [0.717, 1.165) is 25.7 Å². The predicted octanol–water partition coefficient (Wildman–Crippen LogP) is 14.5. The molecule has 0 aliphatic carbocycles. The molecular formula is C45H87NO4. The van der Waals surface area contributed by atoms with Gasteiger partial charge in [-0.15, -0.1) is 5.06 Å². The van der Waals surface area contributed by atoms with E-state index in [1.165, 1.54) is 167 Å². The molecule has 1 aliphatic heterocycles. The zero-order valence-corrected chi connectivity index (χ0v) is 34.7. The van der Waals surface area contributed by atoms with Crippen molar-refractivity contribution in [2.24, 2.45) is 0 Å². The number of piperidine rings is 1. The van der Waals surface area contributed by atoms with Crippen LogP contribution in [0.1, 0.15) is 260 Å². The van der Waals surface area contributed by atoms with Gasteiger partial charge in [0, 0.05) is 25.7 Å². The van der Waals surface area contributed by atoms with Crippen molar-refractivity contribution in [2.75, 3.05) is 0 Å². The SMILES string of the molecule is CCCCCCCCCCCCCCCCCC(=O)OC1CC(C)(C)N(OC(=O)CCCCCCCCCCCCCCCCC)C(C)(C)C1. The fraction of sp³-hybridized carbons (Fsp3) is 0.956. The van der Waals surface area contributed by atoms with Gasteiger partial charge in [0.1, 0.15) is 6.10 Å². The Morgan fingerprint density at radius 1 is 0.440 bits per heavy atom. The van der Waals surface area contributed by atoms with Crippen molar-refractivity contribution >= 4 is 11.9 Å². The molecule has 1 fully saturated rings. The maximum atomic E-state index is 12.9. The van der Waals surface area contributed by atoms with Gasteiger partial charge in [-0.25, -0.2) is 0 Å². The normalized spacial score (nSPS) is 16.1. The Kier molecular flexibility index (Phi) is 28.5. The molecule has 1 saturated heterocycles. The van der Waals surface area contributed by atoms with Gasteiger partial charge in [0.05, 0.1) is 11.1 Å². The van der Waals surface area contributed by atoms with E-state index in [1.54, 1.807) is 0 Å². The highest BCUT2D eigenvalue weighted by Gasteiger charge is 2.49. The van der Waals surface area contributed by atoms with Crippen molar-refractivity contribution in [1.82, 2.24) is 5.06 Å². The molecule has 0 aromatic heterocycles. The minimum Gasteiger partial charge on any atom is -0.462 e. The molecule has 0 atom stereocenters. The van der Waals surface area contributed by atoms with Gasteiger partial charge >= 0.3 is 11.9 Å². The molecule has 0 aromatic carbocycles.